The molecule has 0 unspecified atom stereocenters. The number of aromatic nitrogens is 1. The molecule has 16 heavy (non-hydrogen) atoms. The van der Waals surface area contributed by atoms with Crippen LogP contribution in [0.5, 0.6) is 0 Å². The lowest BCUT2D eigenvalue weighted by Crippen LogP contribution is -2.26. The van der Waals surface area contributed by atoms with Gasteiger partial charge in [-0.2, -0.15) is 0 Å². The van der Waals surface area contributed by atoms with Gasteiger partial charge in [-0.3, -0.25) is 9.78 Å². The van der Waals surface area contributed by atoms with E-state index in [-0.39, 0.29) is 5.91 Å². The highest BCUT2D eigenvalue weighted by molar-refractivity contribution is 5.96. The maximum absolute atomic E-state index is 11.8. The summed E-state index contributed by atoms with van der Waals surface area (Å²) in [6.45, 7) is 0. The van der Waals surface area contributed by atoms with Crippen LogP contribution in [0.3, 0.4) is 0 Å². The Labute approximate surface area is 93.5 Å². The standard InChI is InChI=1S/C13H12N2O/c16-13(15-11-5-6-11)12-7-9-3-1-2-4-10(9)8-14-12/h1-4,7-8,11H,5-6H2,(H,15,16). The predicted molar refractivity (Wildman–Crippen MR) is 62.2 cm³/mol. The van der Waals surface area contributed by atoms with E-state index in [4.69, 9.17) is 0 Å². The maximum Gasteiger partial charge on any atom is 0.270 e. The summed E-state index contributed by atoms with van der Waals surface area (Å²) < 4.78 is 0. The van der Waals surface area contributed by atoms with Gasteiger partial charge in [-0.1, -0.05) is 24.3 Å². The Hall–Kier alpha value is -1.90. The molecule has 1 aliphatic rings. The zero-order valence-electron chi connectivity index (χ0n) is 8.81. The first kappa shape index (κ1) is 9.33. The number of rotatable bonds is 2. The minimum atomic E-state index is -0.0618. The molecule has 1 heterocycles. The van der Waals surface area contributed by atoms with Crippen molar-refractivity contribution in [3.63, 3.8) is 0 Å². The van der Waals surface area contributed by atoms with Gasteiger partial charge < -0.3 is 5.32 Å². The minimum absolute atomic E-state index is 0.0618. The fourth-order valence-corrected chi connectivity index (χ4v) is 1.69. The van der Waals surface area contributed by atoms with Gasteiger partial charge in [0.15, 0.2) is 0 Å². The van der Waals surface area contributed by atoms with Crippen LogP contribution in [0.15, 0.2) is 36.5 Å². The van der Waals surface area contributed by atoms with Crippen molar-refractivity contribution in [1.82, 2.24) is 10.3 Å². The number of hydrogen-bond acceptors (Lipinski definition) is 2. The zero-order valence-corrected chi connectivity index (χ0v) is 8.81. The van der Waals surface area contributed by atoms with E-state index < -0.39 is 0 Å². The molecule has 3 nitrogen and oxygen atoms in total. The Morgan fingerprint density at radius 2 is 2.00 bits per heavy atom. The van der Waals surface area contributed by atoms with Gasteiger partial charge in [0.1, 0.15) is 5.69 Å². The first-order chi connectivity index (χ1) is 7.83. The normalized spacial score (nSPS) is 15.0. The number of hydrogen-bond donors (Lipinski definition) is 1. The molecule has 1 N–H and O–H groups in total. The molecule has 3 heteroatoms. The summed E-state index contributed by atoms with van der Waals surface area (Å²) in [5, 5.41) is 5.05. The first-order valence-corrected chi connectivity index (χ1v) is 5.48. The molecule has 1 aromatic carbocycles. The molecule has 1 amide bonds. The summed E-state index contributed by atoms with van der Waals surface area (Å²) in [6.07, 6.45) is 3.94. The van der Waals surface area contributed by atoms with Crippen LogP contribution in [-0.2, 0) is 0 Å². The second kappa shape index (κ2) is 3.59. The number of pyridine rings is 1. The number of amides is 1. The van der Waals surface area contributed by atoms with Gasteiger partial charge in [0.25, 0.3) is 5.91 Å². The highest BCUT2D eigenvalue weighted by Crippen LogP contribution is 2.19. The lowest BCUT2D eigenvalue weighted by molar-refractivity contribution is 0.0946. The van der Waals surface area contributed by atoms with E-state index in [1.165, 1.54) is 0 Å². The van der Waals surface area contributed by atoms with E-state index in [1.807, 2.05) is 30.3 Å². The molecule has 1 aromatic heterocycles. The van der Waals surface area contributed by atoms with Gasteiger partial charge in [0.05, 0.1) is 0 Å². The molecule has 1 saturated carbocycles. The number of benzene rings is 1. The summed E-state index contributed by atoms with van der Waals surface area (Å²) in [5.74, 6) is -0.0618. The van der Waals surface area contributed by atoms with Crippen molar-refractivity contribution in [2.75, 3.05) is 0 Å². The third-order valence-corrected chi connectivity index (χ3v) is 2.78. The lowest BCUT2D eigenvalue weighted by Gasteiger charge is -2.03. The average molecular weight is 212 g/mol. The SMILES string of the molecule is O=C(NC1CC1)c1cc2ccccc2cn1. The molecular formula is C13H12N2O. The van der Waals surface area contributed by atoms with E-state index in [2.05, 4.69) is 10.3 Å². The molecule has 1 aliphatic carbocycles. The smallest absolute Gasteiger partial charge is 0.270 e. The fourth-order valence-electron chi connectivity index (χ4n) is 1.69. The Morgan fingerprint density at radius 3 is 2.75 bits per heavy atom. The van der Waals surface area contributed by atoms with Crippen LogP contribution < -0.4 is 5.32 Å². The summed E-state index contributed by atoms with van der Waals surface area (Å²) in [4.78, 5) is 15.9. The number of carbonyl (C=O) groups excluding carboxylic acids is 1. The van der Waals surface area contributed by atoms with Crippen LogP contribution in [-0.4, -0.2) is 16.9 Å². The largest absolute Gasteiger partial charge is 0.348 e. The highest BCUT2D eigenvalue weighted by atomic mass is 16.2. The lowest BCUT2D eigenvalue weighted by atomic mass is 10.1. The van der Waals surface area contributed by atoms with Crippen molar-refractivity contribution >= 4 is 16.7 Å². The monoisotopic (exact) mass is 212 g/mol. The highest BCUT2D eigenvalue weighted by Gasteiger charge is 2.24. The molecule has 3 rings (SSSR count). The molecule has 0 bridgehead atoms. The Bertz CT molecular complexity index is 546. The second-order valence-electron chi connectivity index (χ2n) is 4.16. The molecule has 2 aromatic rings. The molecule has 0 saturated heterocycles. The number of fused-ring (bicyclic) bond motifs is 1. The number of carbonyl (C=O) groups is 1. The summed E-state index contributed by atoms with van der Waals surface area (Å²) in [7, 11) is 0. The number of nitrogens with zero attached hydrogens (tertiary/aromatic N) is 1. The Balaban J connectivity index is 1.94. The first-order valence-electron chi connectivity index (χ1n) is 5.48. The van der Waals surface area contributed by atoms with Crippen molar-refractivity contribution < 1.29 is 4.79 Å². The Morgan fingerprint density at radius 1 is 1.25 bits per heavy atom. The van der Waals surface area contributed by atoms with Crippen molar-refractivity contribution in [1.29, 1.82) is 0 Å². The second-order valence-corrected chi connectivity index (χ2v) is 4.16. The topological polar surface area (TPSA) is 42.0 Å². The maximum atomic E-state index is 11.8. The zero-order chi connectivity index (χ0) is 11.0. The van der Waals surface area contributed by atoms with Crippen LogP contribution in [0.4, 0.5) is 0 Å². The van der Waals surface area contributed by atoms with Gasteiger partial charge in [0.2, 0.25) is 0 Å². The van der Waals surface area contributed by atoms with Crippen molar-refractivity contribution in [3.05, 3.63) is 42.2 Å². The summed E-state index contributed by atoms with van der Waals surface area (Å²) in [5.41, 5.74) is 0.505. The van der Waals surface area contributed by atoms with Gasteiger partial charge in [0, 0.05) is 17.6 Å². The van der Waals surface area contributed by atoms with Gasteiger partial charge in [-0.15, -0.1) is 0 Å². The van der Waals surface area contributed by atoms with E-state index in [1.54, 1.807) is 6.20 Å². The third kappa shape index (κ3) is 1.76. The third-order valence-electron chi connectivity index (χ3n) is 2.78. The van der Waals surface area contributed by atoms with E-state index in [9.17, 15) is 4.79 Å². The summed E-state index contributed by atoms with van der Waals surface area (Å²) in [6, 6.07) is 10.1. The van der Waals surface area contributed by atoms with Crippen LogP contribution in [0.1, 0.15) is 23.3 Å². The fraction of sp³-hybridized carbons (Fsp3) is 0.231. The van der Waals surface area contributed by atoms with E-state index in [0.717, 1.165) is 23.6 Å². The van der Waals surface area contributed by atoms with Gasteiger partial charge >= 0.3 is 0 Å². The molecule has 0 atom stereocenters. The van der Waals surface area contributed by atoms with E-state index >= 15 is 0 Å². The van der Waals surface area contributed by atoms with Crippen LogP contribution in [0, 0.1) is 0 Å². The van der Waals surface area contributed by atoms with Gasteiger partial charge in [-0.05, 0) is 24.3 Å². The van der Waals surface area contributed by atoms with E-state index in [0.29, 0.717) is 11.7 Å². The molecular weight excluding hydrogens is 200 g/mol. The Kier molecular flexibility index (Phi) is 2.10. The average Bonchev–Trinajstić information content (AvgIpc) is 3.12. The van der Waals surface area contributed by atoms with Crippen molar-refractivity contribution in [3.8, 4) is 0 Å². The molecule has 0 aliphatic heterocycles. The van der Waals surface area contributed by atoms with Gasteiger partial charge in [-0.25, -0.2) is 0 Å². The molecule has 80 valence electrons. The quantitative estimate of drug-likeness (QED) is 0.828. The molecule has 0 spiro atoms. The van der Waals surface area contributed by atoms with Crippen molar-refractivity contribution in [2.45, 2.75) is 18.9 Å². The molecule has 1 fully saturated rings. The van der Waals surface area contributed by atoms with Crippen LogP contribution in [0.2, 0.25) is 0 Å². The van der Waals surface area contributed by atoms with Crippen LogP contribution >= 0.6 is 0 Å². The minimum Gasteiger partial charge on any atom is -0.348 e. The predicted octanol–water partition coefficient (Wildman–Crippen LogP) is 2.13. The van der Waals surface area contributed by atoms with Crippen molar-refractivity contribution in [2.24, 2.45) is 0 Å². The van der Waals surface area contributed by atoms with Crippen LogP contribution in [0.25, 0.3) is 10.8 Å². The molecule has 0 radical (unpaired) electrons. The number of nitrogens with one attached hydrogen (secondary N) is 1. The summed E-state index contributed by atoms with van der Waals surface area (Å²) >= 11 is 0.